The Morgan fingerprint density at radius 1 is 1.00 bits per heavy atom. The Hall–Kier alpha value is -1.54. The molecule has 2 aromatic rings. The normalized spacial score (nSPS) is 11.3. The summed E-state index contributed by atoms with van der Waals surface area (Å²) < 4.78 is 0. The number of halogens is 1. The number of pyridine rings is 1. The van der Waals surface area contributed by atoms with Gasteiger partial charge in [-0.25, -0.2) is 4.98 Å². The van der Waals surface area contributed by atoms with Gasteiger partial charge in [-0.2, -0.15) is 0 Å². The Kier molecular flexibility index (Phi) is 3.58. The third-order valence-corrected chi connectivity index (χ3v) is 2.97. The molecule has 0 unspecified atom stereocenters. The fourth-order valence-corrected chi connectivity index (χ4v) is 1.76. The molecule has 0 aliphatic heterocycles. The zero-order valence-corrected chi connectivity index (χ0v) is 11.6. The van der Waals surface area contributed by atoms with Crippen molar-refractivity contribution in [3.63, 3.8) is 0 Å². The van der Waals surface area contributed by atoms with E-state index in [1.165, 1.54) is 5.56 Å². The summed E-state index contributed by atoms with van der Waals surface area (Å²) >= 11 is 5.80. The molecule has 0 amide bonds. The summed E-state index contributed by atoms with van der Waals surface area (Å²) in [6.07, 6.45) is 1.63. The summed E-state index contributed by atoms with van der Waals surface area (Å²) in [5, 5.41) is 3.88. The van der Waals surface area contributed by atoms with Gasteiger partial charge in [-0.05, 0) is 35.2 Å². The van der Waals surface area contributed by atoms with Crippen molar-refractivity contribution in [1.29, 1.82) is 0 Å². The van der Waals surface area contributed by atoms with E-state index >= 15 is 0 Å². The van der Waals surface area contributed by atoms with Crippen LogP contribution in [-0.2, 0) is 5.41 Å². The van der Waals surface area contributed by atoms with Crippen molar-refractivity contribution in [3.8, 4) is 0 Å². The van der Waals surface area contributed by atoms with Crippen molar-refractivity contribution >= 4 is 23.1 Å². The Bertz CT molecular complexity index is 510. The van der Waals surface area contributed by atoms with Gasteiger partial charge in [0.1, 0.15) is 5.82 Å². The van der Waals surface area contributed by atoms with E-state index in [9.17, 15) is 0 Å². The van der Waals surface area contributed by atoms with Crippen LogP contribution in [0.2, 0.25) is 5.02 Å². The van der Waals surface area contributed by atoms with Crippen LogP contribution >= 0.6 is 11.6 Å². The molecule has 0 aliphatic rings. The first-order valence-electron chi connectivity index (χ1n) is 5.94. The number of hydrogen-bond donors (Lipinski definition) is 1. The van der Waals surface area contributed by atoms with E-state index in [0.29, 0.717) is 5.02 Å². The maximum atomic E-state index is 5.80. The minimum Gasteiger partial charge on any atom is -0.340 e. The first-order chi connectivity index (χ1) is 8.45. The lowest BCUT2D eigenvalue weighted by atomic mass is 9.87. The number of anilines is 2. The molecule has 0 saturated carbocycles. The largest absolute Gasteiger partial charge is 0.340 e. The molecule has 0 spiro atoms. The SMILES string of the molecule is CC(C)(C)c1ccc(Nc2ccc(Cl)cn2)cc1. The van der Waals surface area contributed by atoms with E-state index in [2.05, 4.69) is 55.3 Å². The Morgan fingerprint density at radius 2 is 1.67 bits per heavy atom. The molecule has 0 saturated heterocycles. The third kappa shape index (κ3) is 3.23. The van der Waals surface area contributed by atoms with Crippen LogP contribution in [0, 0.1) is 0 Å². The second-order valence-corrected chi connectivity index (χ2v) is 5.75. The quantitative estimate of drug-likeness (QED) is 0.841. The number of nitrogens with zero attached hydrogens (tertiary/aromatic N) is 1. The van der Waals surface area contributed by atoms with Gasteiger partial charge >= 0.3 is 0 Å². The van der Waals surface area contributed by atoms with E-state index in [1.54, 1.807) is 6.20 Å². The number of nitrogens with one attached hydrogen (secondary N) is 1. The Labute approximate surface area is 113 Å². The molecule has 0 fully saturated rings. The summed E-state index contributed by atoms with van der Waals surface area (Å²) in [5.41, 5.74) is 2.52. The van der Waals surface area contributed by atoms with Gasteiger partial charge in [0.25, 0.3) is 0 Å². The maximum absolute atomic E-state index is 5.80. The highest BCUT2D eigenvalue weighted by Crippen LogP contribution is 2.24. The summed E-state index contributed by atoms with van der Waals surface area (Å²) in [4.78, 5) is 4.20. The topological polar surface area (TPSA) is 24.9 Å². The van der Waals surface area contributed by atoms with Crippen LogP contribution < -0.4 is 5.32 Å². The van der Waals surface area contributed by atoms with E-state index in [0.717, 1.165) is 11.5 Å². The zero-order chi connectivity index (χ0) is 13.2. The van der Waals surface area contributed by atoms with Crippen LogP contribution in [-0.4, -0.2) is 4.98 Å². The fraction of sp³-hybridized carbons (Fsp3) is 0.267. The molecule has 0 aliphatic carbocycles. The molecule has 2 rings (SSSR count). The summed E-state index contributed by atoms with van der Waals surface area (Å²) in [6, 6.07) is 12.1. The molecule has 1 N–H and O–H groups in total. The lowest BCUT2D eigenvalue weighted by Gasteiger charge is -2.19. The molecular weight excluding hydrogens is 244 g/mol. The maximum Gasteiger partial charge on any atom is 0.130 e. The monoisotopic (exact) mass is 260 g/mol. The highest BCUT2D eigenvalue weighted by molar-refractivity contribution is 6.30. The Morgan fingerprint density at radius 3 is 2.17 bits per heavy atom. The standard InChI is InChI=1S/C15H17ClN2/c1-15(2,3)11-4-7-13(8-5-11)18-14-9-6-12(16)10-17-14/h4-10H,1-3H3,(H,17,18). The lowest BCUT2D eigenvalue weighted by molar-refractivity contribution is 0.590. The van der Waals surface area contributed by atoms with Crippen molar-refractivity contribution in [1.82, 2.24) is 4.98 Å². The molecule has 0 atom stereocenters. The molecule has 3 heteroatoms. The highest BCUT2D eigenvalue weighted by Gasteiger charge is 2.12. The molecule has 1 aromatic carbocycles. The van der Waals surface area contributed by atoms with Gasteiger partial charge in [0.05, 0.1) is 5.02 Å². The summed E-state index contributed by atoms with van der Waals surface area (Å²) in [7, 11) is 0. The number of benzene rings is 1. The predicted octanol–water partition coefficient (Wildman–Crippen LogP) is 4.78. The van der Waals surface area contributed by atoms with Gasteiger partial charge in [0, 0.05) is 11.9 Å². The molecule has 2 nitrogen and oxygen atoms in total. The Balaban J connectivity index is 2.13. The van der Waals surface area contributed by atoms with Gasteiger partial charge < -0.3 is 5.32 Å². The average molecular weight is 261 g/mol. The van der Waals surface area contributed by atoms with Gasteiger partial charge in [0.2, 0.25) is 0 Å². The number of aromatic nitrogens is 1. The van der Waals surface area contributed by atoms with Crippen LogP contribution in [0.4, 0.5) is 11.5 Å². The minimum atomic E-state index is 0.178. The highest BCUT2D eigenvalue weighted by atomic mass is 35.5. The zero-order valence-electron chi connectivity index (χ0n) is 10.9. The van der Waals surface area contributed by atoms with Gasteiger partial charge in [-0.15, -0.1) is 0 Å². The van der Waals surface area contributed by atoms with Crippen molar-refractivity contribution in [3.05, 3.63) is 53.2 Å². The molecule has 1 heterocycles. The van der Waals surface area contributed by atoms with E-state index < -0.39 is 0 Å². The molecule has 18 heavy (non-hydrogen) atoms. The van der Waals surface area contributed by atoms with Crippen LogP contribution in [0.5, 0.6) is 0 Å². The second-order valence-electron chi connectivity index (χ2n) is 5.31. The predicted molar refractivity (Wildman–Crippen MR) is 77.7 cm³/mol. The van der Waals surface area contributed by atoms with E-state index in [-0.39, 0.29) is 5.41 Å². The van der Waals surface area contributed by atoms with Crippen LogP contribution in [0.1, 0.15) is 26.3 Å². The smallest absolute Gasteiger partial charge is 0.130 e. The number of hydrogen-bond acceptors (Lipinski definition) is 2. The molecule has 94 valence electrons. The summed E-state index contributed by atoms with van der Waals surface area (Å²) in [5.74, 6) is 0.794. The van der Waals surface area contributed by atoms with Crippen molar-refractivity contribution < 1.29 is 0 Å². The molecule has 0 radical (unpaired) electrons. The molecule has 1 aromatic heterocycles. The van der Waals surface area contributed by atoms with E-state index in [4.69, 9.17) is 11.6 Å². The second kappa shape index (κ2) is 4.99. The van der Waals surface area contributed by atoms with Crippen molar-refractivity contribution in [2.45, 2.75) is 26.2 Å². The number of rotatable bonds is 2. The van der Waals surface area contributed by atoms with Crippen molar-refractivity contribution in [2.24, 2.45) is 0 Å². The van der Waals surface area contributed by atoms with Crippen LogP contribution in [0.25, 0.3) is 0 Å². The van der Waals surface area contributed by atoms with Gasteiger partial charge in [0.15, 0.2) is 0 Å². The van der Waals surface area contributed by atoms with Gasteiger partial charge in [-0.1, -0.05) is 44.5 Å². The lowest BCUT2D eigenvalue weighted by Crippen LogP contribution is -2.10. The third-order valence-electron chi connectivity index (χ3n) is 2.75. The molecule has 0 bridgehead atoms. The molecular formula is C15H17ClN2. The van der Waals surface area contributed by atoms with Crippen molar-refractivity contribution in [2.75, 3.05) is 5.32 Å². The first kappa shape index (κ1) is 12.9. The fourth-order valence-electron chi connectivity index (χ4n) is 1.65. The summed E-state index contributed by atoms with van der Waals surface area (Å²) in [6.45, 7) is 6.61. The van der Waals surface area contributed by atoms with Gasteiger partial charge in [-0.3, -0.25) is 0 Å². The van der Waals surface area contributed by atoms with E-state index in [1.807, 2.05) is 12.1 Å². The average Bonchev–Trinajstić information content (AvgIpc) is 2.32. The minimum absolute atomic E-state index is 0.178. The van der Waals surface area contributed by atoms with Crippen LogP contribution in [0.3, 0.4) is 0 Å². The van der Waals surface area contributed by atoms with Crippen LogP contribution in [0.15, 0.2) is 42.6 Å². The first-order valence-corrected chi connectivity index (χ1v) is 6.32.